The molecule has 0 amide bonds. The molecule has 18 heavy (non-hydrogen) atoms. The molecule has 98 valence electrons. The van der Waals surface area contributed by atoms with Crippen molar-refractivity contribution in [2.75, 3.05) is 13.7 Å². The van der Waals surface area contributed by atoms with Crippen LogP contribution in [-0.4, -0.2) is 19.7 Å². The number of fused-ring (bicyclic) bond motifs is 1. The zero-order chi connectivity index (χ0) is 13.0. The molecular formula is C15H20O3. The zero-order valence-corrected chi connectivity index (χ0v) is 11.1. The van der Waals surface area contributed by atoms with Gasteiger partial charge in [-0.25, -0.2) is 0 Å². The molecule has 0 aromatic heterocycles. The predicted octanol–water partition coefficient (Wildman–Crippen LogP) is 2.75. The molecule has 0 fully saturated rings. The van der Waals surface area contributed by atoms with Gasteiger partial charge < -0.3 is 9.47 Å². The van der Waals surface area contributed by atoms with Crippen molar-refractivity contribution in [2.24, 2.45) is 5.92 Å². The maximum atomic E-state index is 11.5. The molecule has 1 aliphatic rings. The summed E-state index contributed by atoms with van der Waals surface area (Å²) < 4.78 is 10.3. The summed E-state index contributed by atoms with van der Waals surface area (Å²) in [6, 6.07) is 6.23. The molecule has 0 unspecified atom stereocenters. The Bertz CT molecular complexity index is 426. The number of carbonyl (C=O) groups is 1. The number of hydrogen-bond donors (Lipinski definition) is 0. The van der Waals surface area contributed by atoms with E-state index < -0.39 is 0 Å². The highest BCUT2D eigenvalue weighted by Gasteiger charge is 2.21. The van der Waals surface area contributed by atoms with Gasteiger partial charge in [-0.2, -0.15) is 0 Å². The highest BCUT2D eigenvalue weighted by Crippen LogP contribution is 2.30. The molecule has 0 bridgehead atoms. The van der Waals surface area contributed by atoms with Crippen molar-refractivity contribution in [1.82, 2.24) is 0 Å². The van der Waals surface area contributed by atoms with Gasteiger partial charge in [-0.1, -0.05) is 6.07 Å². The summed E-state index contributed by atoms with van der Waals surface area (Å²) in [7, 11) is 1.68. The van der Waals surface area contributed by atoms with Crippen LogP contribution in [0.15, 0.2) is 18.2 Å². The van der Waals surface area contributed by atoms with E-state index in [-0.39, 0.29) is 5.97 Å². The SMILES string of the molecule is CCOC(=O)C[C@H]1CCc2ccc(OC)cc2C1. The largest absolute Gasteiger partial charge is 0.497 e. The normalized spacial score (nSPS) is 18.0. The number of aryl methyl sites for hydroxylation is 1. The van der Waals surface area contributed by atoms with Crippen molar-refractivity contribution >= 4 is 5.97 Å². The summed E-state index contributed by atoms with van der Waals surface area (Å²) in [5.41, 5.74) is 2.70. The summed E-state index contributed by atoms with van der Waals surface area (Å²) in [4.78, 5) is 11.5. The second-order valence-corrected chi connectivity index (χ2v) is 4.75. The van der Waals surface area contributed by atoms with Crippen LogP contribution < -0.4 is 4.74 Å². The first-order valence-electron chi connectivity index (χ1n) is 6.54. The van der Waals surface area contributed by atoms with E-state index in [4.69, 9.17) is 9.47 Å². The van der Waals surface area contributed by atoms with Gasteiger partial charge in [0, 0.05) is 6.42 Å². The second kappa shape index (κ2) is 5.89. The van der Waals surface area contributed by atoms with Gasteiger partial charge in [-0.3, -0.25) is 4.79 Å². The Morgan fingerprint density at radius 2 is 2.22 bits per heavy atom. The maximum Gasteiger partial charge on any atom is 0.306 e. The van der Waals surface area contributed by atoms with Gasteiger partial charge in [0.1, 0.15) is 5.75 Å². The van der Waals surface area contributed by atoms with E-state index in [2.05, 4.69) is 12.1 Å². The minimum absolute atomic E-state index is 0.0751. The quantitative estimate of drug-likeness (QED) is 0.769. The molecule has 0 saturated heterocycles. The Morgan fingerprint density at radius 3 is 2.94 bits per heavy atom. The number of esters is 1. The van der Waals surface area contributed by atoms with Crippen molar-refractivity contribution in [3.8, 4) is 5.75 Å². The van der Waals surface area contributed by atoms with Gasteiger partial charge in [-0.15, -0.1) is 0 Å². The van der Waals surface area contributed by atoms with Gasteiger partial charge >= 0.3 is 5.97 Å². The van der Waals surface area contributed by atoms with Crippen LogP contribution in [0.25, 0.3) is 0 Å². The maximum absolute atomic E-state index is 11.5. The lowest BCUT2D eigenvalue weighted by Gasteiger charge is -2.24. The standard InChI is InChI=1S/C15H20O3/c1-3-18-15(16)9-11-4-5-12-6-7-14(17-2)10-13(12)8-11/h6-7,10-11H,3-5,8-9H2,1-2H3/t11-/m0/s1. The third-order valence-electron chi connectivity index (χ3n) is 3.50. The number of benzene rings is 1. The van der Waals surface area contributed by atoms with Gasteiger partial charge in [-0.05, 0) is 55.4 Å². The van der Waals surface area contributed by atoms with Crippen LogP contribution in [0, 0.1) is 5.92 Å². The van der Waals surface area contributed by atoms with Crippen LogP contribution in [0.3, 0.4) is 0 Å². The Balaban J connectivity index is 2.02. The first kappa shape index (κ1) is 12.9. The van der Waals surface area contributed by atoms with E-state index in [0.29, 0.717) is 18.9 Å². The van der Waals surface area contributed by atoms with Crippen LogP contribution in [0.4, 0.5) is 0 Å². The van der Waals surface area contributed by atoms with Crippen molar-refractivity contribution in [3.63, 3.8) is 0 Å². The second-order valence-electron chi connectivity index (χ2n) is 4.75. The van der Waals surface area contributed by atoms with Crippen LogP contribution >= 0.6 is 0 Å². The Morgan fingerprint density at radius 1 is 1.39 bits per heavy atom. The van der Waals surface area contributed by atoms with E-state index in [1.165, 1.54) is 11.1 Å². The number of rotatable bonds is 4. The first-order valence-corrected chi connectivity index (χ1v) is 6.54. The molecule has 1 aromatic rings. The Kier molecular flexibility index (Phi) is 4.24. The van der Waals surface area contributed by atoms with E-state index >= 15 is 0 Å². The van der Waals surface area contributed by atoms with Crippen LogP contribution in [-0.2, 0) is 22.4 Å². The minimum Gasteiger partial charge on any atom is -0.497 e. The summed E-state index contributed by atoms with van der Waals surface area (Å²) in [5, 5.41) is 0. The van der Waals surface area contributed by atoms with Crippen molar-refractivity contribution in [2.45, 2.75) is 32.6 Å². The fourth-order valence-corrected chi connectivity index (χ4v) is 2.57. The molecule has 0 heterocycles. The molecule has 3 heteroatoms. The van der Waals surface area contributed by atoms with Gasteiger partial charge in [0.05, 0.1) is 13.7 Å². The highest BCUT2D eigenvalue weighted by atomic mass is 16.5. The third kappa shape index (κ3) is 3.03. The number of ether oxygens (including phenoxy) is 2. The van der Waals surface area contributed by atoms with Crippen molar-refractivity contribution in [1.29, 1.82) is 0 Å². The molecule has 0 radical (unpaired) electrons. The number of hydrogen-bond acceptors (Lipinski definition) is 3. The highest BCUT2D eigenvalue weighted by molar-refractivity contribution is 5.69. The predicted molar refractivity (Wildman–Crippen MR) is 69.8 cm³/mol. The Labute approximate surface area is 108 Å². The van der Waals surface area contributed by atoms with E-state index in [9.17, 15) is 4.79 Å². The molecule has 0 N–H and O–H groups in total. The van der Waals surface area contributed by atoms with E-state index in [1.54, 1.807) is 7.11 Å². The summed E-state index contributed by atoms with van der Waals surface area (Å²) in [6.45, 7) is 2.31. The van der Waals surface area contributed by atoms with Crippen LogP contribution in [0.2, 0.25) is 0 Å². The Hall–Kier alpha value is -1.51. The lowest BCUT2D eigenvalue weighted by atomic mass is 9.82. The number of carbonyl (C=O) groups excluding carboxylic acids is 1. The lowest BCUT2D eigenvalue weighted by molar-refractivity contribution is -0.144. The zero-order valence-electron chi connectivity index (χ0n) is 11.1. The average molecular weight is 248 g/mol. The summed E-state index contributed by atoms with van der Waals surface area (Å²) in [6.07, 6.45) is 3.59. The average Bonchev–Trinajstić information content (AvgIpc) is 2.38. The fraction of sp³-hybridized carbons (Fsp3) is 0.533. The topological polar surface area (TPSA) is 35.5 Å². The number of methoxy groups -OCH3 is 1. The monoisotopic (exact) mass is 248 g/mol. The van der Waals surface area contributed by atoms with Gasteiger partial charge in [0.25, 0.3) is 0 Å². The van der Waals surface area contributed by atoms with Gasteiger partial charge in [0.15, 0.2) is 0 Å². The molecular weight excluding hydrogens is 228 g/mol. The van der Waals surface area contributed by atoms with Crippen LogP contribution in [0.1, 0.15) is 30.9 Å². The van der Waals surface area contributed by atoms with Crippen molar-refractivity contribution < 1.29 is 14.3 Å². The minimum atomic E-state index is -0.0751. The lowest BCUT2D eigenvalue weighted by Crippen LogP contribution is -2.19. The molecule has 3 nitrogen and oxygen atoms in total. The van der Waals surface area contributed by atoms with Crippen molar-refractivity contribution in [3.05, 3.63) is 29.3 Å². The molecule has 0 saturated carbocycles. The molecule has 1 atom stereocenters. The van der Waals surface area contributed by atoms with Gasteiger partial charge in [0.2, 0.25) is 0 Å². The van der Waals surface area contributed by atoms with E-state index in [1.807, 2.05) is 13.0 Å². The molecule has 0 aliphatic heterocycles. The summed E-state index contributed by atoms with van der Waals surface area (Å²) >= 11 is 0. The van der Waals surface area contributed by atoms with E-state index in [0.717, 1.165) is 25.0 Å². The first-order chi connectivity index (χ1) is 8.72. The molecule has 1 aliphatic carbocycles. The molecule has 0 spiro atoms. The summed E-state index contributed by atoms with van der Waals surface area (Å²) in [5.74, 6) is 1.23. The third-order valence-corrected chi connectivity index (χ3v) is 3.50. The molecule has 1 aromatic carbocycles. The van der Waals surface area contributed by atoms with Crippen LogP contribution in [0.5, 0.6) is 5.75 Å². The smallest absolute Gasteiger partial charge is 0.306 e. The fourth-order valence-electron chi connectivity index (χ4n) is 2.57. The molecule has 2 rings (SSSR count).